The number of hydrogen-bond donors (Lipinski definition) is 3. The second-order valence-electron chi connectivity index (χ2n) is 17.5. The fourth-order valence-electron chi connectivity index (χ4n) is 9.16. The van der Waals surface area contributed by atoms with Gasteiger partial charge in [-0.2, -0.15) is 0 Å². The molecule has 338 valence electrons. The zero-order chi connectivity index (χ0) is 45.6. The largest absolute Gasteiger partial charge is 0.354 e. The number of aromatic nitrogens is 5. The topological polar surface area (TPSA) is 196 Å². The van der Waals surface area contributed by atoms with E-state index >= 15 is 0 Å². The first-order chi connectivity index (χ1) is 32.1. The molecule has 1 aliphatic carbocycles. The highest BCUT2D eigenvalue weighted by Crippen LogP contribution is 2.31. The van der Waals surface area contributed by atoms with Crippen LogP contribution in [0.5, 0.6) is 0 Å². The van der Waals surface area contributed by atoms with Crippen LogP contribution in [0.3, 0.4) is 0 Å². The number of nitrogens with zero attached hydrogens (tertiary/aromatic N) is 8. The third-order valence-corrected chi connectivity index (χ3v) is 12.5. The van der Waals surface area contributed by atoms with Crippen molar-refractivity contribution in [3.05, 3.63) is 136 Å². The Balaban J connectivity index is 1.02. The van der Waals surface area contributed by atoms with E-state index in [1.807, 2.05) is 79.7 Å². The number of imide groups is 1. The minimum absolute atomic E-state index is 0.0916. The molecular weight excluding hydrogens is 835 g/mol. The minimum Gasteiger partial charge on any atom is -0.354 e. The van der Waals surface area contributed by atoms with Gasteiger partial charge in [0.15, 0.2) is 0 Å². The van der Waals surface area contributed by atoms with Crippen molar-refractivity contribution < 1.29 is 24.0 Å². The first-order valence-corrected chi connectivity index (χ1v) is 22.9. The number of rotatable bonds is 10. The van der Waals surface area contributed by atoms with E-state index in [9.17, 15) is 24.0 Å². The fraction of sp³-hybridized carbons (Fsp3) is 0.360. The summed E-state index contributed by atoms with van der Waals surface area (Å²) in [6.07, 6.45) is 6.08. The maximum Gasteiger partial charge on any atom is 0.253 e. The van der Waals surface area contributed by atoms with E-state index in [4.69, 9.17) is 24.9 Å². The van der Waals surface area contributed by atoms with Gasteiger partial charge in [0, 0.05) is 83.5 Å². The number of pyridine rings is 5. The van der Waals surface area contributed by atoms with Crippen LogP contribution >= 0.6 is 0 Å². The van der Waals surface area contributed by atoms with Crippen LogP contribution in [0.2, 0.25) is 0 Å². The summed E-state index contributed by atoms with van der Waals surface area (Å²) < 4.78 is 0. The summed E-state index contributed by atoms with van der Waals surface area (Å²) in [6.45, 7) is 5.19. The first-order valence-electron chi connectivity index (χ1n) is 22.9. The lowest BCUT2D eigenvalue weighted by Crippen LogP contribution is -2.40. The van der Waals surface area contributed by atoms with Crippen LogP contribution in [0.1, 0.15) is 93.9 Å². The van der Waals surface area contributed by atoms with Crippen LogP contribution in [0.25, 0.3) is 22.8 Å². The molecule has 5 aromatic rings. The van der Waals surface area contributed by atoms with Gasteiger partial charge in [0.05, 0.1) is 68.1 Å². The van der Waals surface area contributed by atoms with Crippen LogP contribution < -0.4 is 16.0 Å². The summed E-state index contributed by atoms with van der Waals surface area (Å²) in [5.74, 6) is -1.46. The Labute approximate surface area is 383 Å². The van der Waals surface area contributed by atoms with Crippen molar-refractivity contribution in [2.24, 2.45) is 11.8 Å². The average molecular weight is 888 g/mol. The van der Waals surface area contributed by atoms with Gasteiger partial charge in [-0.1, -0.05) is 31.2 Å². The van der Waals surface area contributed by atoms with Crippen LogP contribution in [0, 0.1) is 11.8 Å². The van der Waals surface area contributed by atoms with Gasteiger partial charge in [-0.15, -0.1) is 0 Å². The SMILES string of the molecule is CCCNC(=O)c1cc(C(=O)NCCNC(=O)C2CCC(CN3C(=O)C=CC3=O)CC2)c2nc1CN1Cc3cccc(n3)-c3cccc(n3)CN(Cc3cccc(n3)-c3cccc(n3)C1)C2. The third-order valence-electron chi connectivity index (χ3n) is 12.5. The van der Waals surface area contributed by atoms with Gasteiger partial charge in [0.25, 0.3) is 23.6 Å². The van der Waals surface area contributed by atoms with Crippen LogP contribution in [-0.2, 0) is 53.7 Å². The number of amides is 5. The van der Waals surface area contributed by atoms with Crippen LogP contribution in [0.4, 0.5) is 0 Å². The Morgan fingerprint density at radius 1 is 0.545 bits per heavy atom. The van der Waals surface area contributed by atoms with E-state index < -0.39 is 5.91 Å². The maximum atomic E-state index is 14.5. The van der Waals surface area contributed by atoms with Crippen LogP contribution in [0.15, 0.2) is 91.0 Å². The summed E-state index contributed by atoms with van der Waals surface area (Å²) in [5, 5.41) is 9.02. The Hall–Kier alpha value is -7.04. The van der Waals surface area contributed by atoms with Crippen molar-refractivity contribution in [2.75, 3.05) is 26.2 Å². The second-order valence-corrected chi connectivity index (χ2v) is 17.5. The molecule has 3 N–H and O–H groups in total. The highest BCUT2D eigenvalue weighted by atomic mass is 16.2. The molecule has 9 rings (SSSR count). The van der Waals surface area contributed by atoms with E-state index in [2.05, 4.69) is 25.8 Å². The molecule has 8 heterocycles. The molecule has 4 aliphatic rings. The molecule has 0 saturated heterocycles. The summed E-state index contributed by atoms with van der Waals surface area (Å²) in [6, 6.07) is 25.3. The zero-order valence-electron chi connectivity index (χ0n) is 37.0. The van der Waals surface area contributed by atoms with Crippen molar-refractivity contribution >= 4 is 29.5 Å². The number of nitrogens with one attached hydrogen (secondary N) is 3. The predicted molar refractivity (Wildman–Crippen MR) is 244 cm³/mol. The third kappa shape index (κ3) is 10.4. The Morgan fingerprint density at radius 3 is 1.41 bits per heavy atom. The number of hydrogen-bond acceptors (Lipinski definition) is 12. The highest BCUT2D eigenvalue weighted by molar-refractivity contribution is 6.12. The van der Waals surface area contributed by atoms with Gasteiger partial charge in [-0.05, 0) is 92.6 Å². The molecule has 3 aliphatic heterocycles. The Bertz CT molecular complexity index is 2580. The molecule has 5 amide bonds. The van der Waals surface area contributed by atoms with Crippen LogP contribution in [-0.4, -0.2) is 95.3 Å². The van der Waals surface area contributed by atoms with Crippen molar-refractivity contribution in [3.8, 4) is 22.8 Å². The van der Waals surface area contributed by atoms with E-state index in [1.54, 1.807) is 6.07 Å². The normalized spacial score (nSPS) is 20.0. The molecule has 0 atom stereocenters. The Morgan fingerprint density at radius 2 is 0.970 bits per heavy atom. The lowest BCUT2D eigenvalue weighted by atomic mass is 9.81. The summed E-state index contributed by atoms with van der Waals surface area (Å²) in [5.41, 5.74) is 7.73. The van der Waals surface area contributed by atoms with E-state index in [-0.39, 0.29) is 67.2 Å². The molecule has 0 spiro atoms. The first kappa shape index (κ1) is 44.2. The smallest absolute Gasteiger partial charge is 0.253 e. The summed E-state index contributed by atoms with van der Waals surface area (Å²) >= 11 is 0. The lowest BCUT2D eigenvalue weighted by Gasteiger charge is -2.30. The molecular formula is C50H53N11O5. The average Bonchev–Trinajstić information content (AvgIpc) is 3.64. The summed E-state index contributed by atoms with van der Waals surface area (Å²) in [4.78, 5) is 97.1. The van der Waals surface area contributed by atoms with E-state index in [0.29, 0.717) is 69.1 Å². The zero-order valence-corrected chi connectivity index (χ0v) is 37.0. The molecule has 66 heavy (non-hydrogen) atoms. The van der Waals surface area contributed by atoms with Crippen molar-refractivity contribution in [2.45, 2.75) is 78.3 Å². The molecule has 1 saturated carbocycles. The molecule has 16 nitrogen and oxygen atoms in total. The van der Waals surface area contributed by atoms with E-state index in [0.717, 1.165) is 64.8 Å². The molecule has 0 radical (unpaired) electrons. The maximum absolute atomic E-state index is 14.5. The molecule has 0 unspecified atom stereocenters. The molecule has 16 heteroatoms. The number of carbonyl (C=O) groups is 5. The van der Waals surface area contributed by atoms with Crippen molar-refractivity contribution in [1.29, 1.82) is 0 Å². The molecule has 0 aromatic carbocycles. The van der Waals surface area contributed by atoms with Gasteiger partial charge >= 0.3 is 0 Å². The predicted octanol–water partition coefficient (Wildman–Crippen LogP) is 4.74. The molecule has 1 fully saturated rings. The minimum atomic E-state index is -0.419. The van der Waals surface area contributed by atoms with Gasteiger partial charge in [-0.3, -0.25) is 43.7 Å². The fourth-order valence-corrected chi connectivity index (χ4v) is 9.16. The lowest BCUT2D eigenvalue weighted by molar-refractivity contribution is -0.138. The van der Waals surface area contributed by atoms with Gasteiger partial charge in [0.2, 0.25) is 5.91 Å². The van der Waals surface area contributed by atoms with Crippen molar-refractivity contribution in [3.63, 3.8) is 0 Å². The highest BCUT2D eigenvalue weighted by Gasteiger charge is 2.32. The number of carbonyl (C=O) groups excluding carboxylic acids is 5. The van der Waals surface area contributed by atoms with Crippen molar-refractivity contribution in [1.82, 2.24) is 55.6 Å². The summed E-state index contributed by atoms with van der Waals surface area (Å²) in [7, 11) is 0. The Kier molecular flexibility index (Phi) is 13.4. The second kappa shape index (κ2) is 20.0. The van der Waals surface area contributed by atoms with E-state index in [1.165, 1.54) is 17.1 Å². The molecule has 12 bridgehead atoms. The van der Waals surface area contributed by atoms with Gasteiger partial charge in [-0.25, -0.2) is 19.9 Å². The molecule has 5 aromatic heterocycles. The number of fused-ring (bicyclic) bond motifs is 12. The standard InChI is InChI=1S/C50H53N11O5/c1-2-21-51-49(65)38-24-39(50(66)53-23-22-52-48(64)33-17-15-32(16-18-33)25-61-46(62)19-20-47(61)63)45-31-60-28-36-9-5-13-42(56-36)40-11-3-7-34(54-40)26-59(30-44(38)58-45)27-35-8-4-12-41(55-35)43-14-6-10-37(29-60)57-43/h3-14,19-20,24,32-33H,2,15-18,21-23,25-31H2,1H3,(H,51,65)(H,52,64)(H,53,66). The quantitative estimate of drug-likeness (QED) is 0.129. The van der Waals surface area contributed by atoms with Gasteiger partial charge < -0.3 is 16.0 Å². The monoisotopic (exact) mass is 887 g/mol. The van der Waals surface area contributed by atoms with Gasteiger partial charge in [0.1, 0.15) is 0 Å².